The van der Waals surface area contributed by atoms with Gasteiger partial charge in [-0.1, -0.05) is 36.4 Å². The molecule has 3 heteroatoms. The maximum atomic E-state index is 13.8. The Labute approximate surface area is 164 Å². The highest BCUT2D eigenvalue weighted by Gasteiger charge is 2.23. The van der Waals surface area contributed by atoms with Crippen LogP contribution >= 0.6 is 0 Å². The second-order valence-electron chi connectivity index (χ2n) is 6.81. The molecule has 0 heterocycles. The number of para-hydroxylation sites is 1. The number of ether oxygens (including phenoxy) is 1. The monoisotopic (exact) mass is 372 g/mol. The van der Waals surface area contributed by atoms with Crippen molar-refractivity contribution in [2.45, 2.75) is 13.3 Å². The van der Waals surface area contributed by atoms with Gasteiger partial charge in [0.1, 0.15) is 17.3 Å². The van der Waals surface area contributed by atoms with Crippen LogP contribution in [0.25, 0.3) is 17.2 Å². The van der Waals surface area contributed by atoms with Crippen LogP contribution in [0.2, 0.25) is 0 Å². The molecular formula is C25H21FO2. The number of benzene rings is 3. The summed E-state index contributed by atoms with van der Waals surface area (Å²) in [6.07, 6.45) is 2.60. The van der Waals surface area contributed by atoms with Crippen LogP contribution in [0.4, 0.5) is 4.39 Å². The maximum absolute atomic E-state index is 13.8. The minimum atomic E-state index is -0.263. The Morgan fingerprint density at radius 1 is 0.893 bits per heavy atom. The summed E-state index contributed by atoms with van der Waals surface area (Å²) in [6.45, 7) is 2.06. The molecule has 1 aliphatic carbocycles. The minimum Gasteiger partial charge on any atom is -0.457 e. The molecule has 140 valence electrons. The number of allylic oxidation sites excluding steroid dienone is 2. The van der Waals surface area contributed by atoms with Crippen molar-refractivity contribution in [3.63, 3.8) is 0 Å². The Morgan fingerprint density at radius 2 is 1.68 bits per heavy atom. The summed E-state index contributed by atoms with van der Waals surface area (Å²) in [5, 5.41) is 9.43. The van der Waals surface area contributed by atoms with Crippen LogP contribution in [-0.4, -0.2) is 11.7 Å². The zero-order chi connectivity index (χ0) is 19.5. The first kappa shape index (κ1) is 18.2. The van der Waals surface area contributed by atoms with Crippen molar-refractivity contribution in [3.05, 3.63) is 101 Å². The Morgan fingerprint density at radius 3 is 2.46 bits per heavy atom. The molecule has 0 bridgehead atoms. The van der Waals surface area contributed by atoms with Crippen molar-refractivity contribution >= 4 is 17.2 Å². The van der Waals surface area contributed by atoms with Crippen molar-refractivity contribution in [2.24, 2.45) is 0 Å². The lowest BCUT2D eigenvalue weighted by Crippen LogP contribution is -1.89. The summed E-state index contributed by atoms with van der Waals surface area (Å²) in [5.41, 5.74) is 5.99. The SMILES string of the molecule is CC1=C(CCO)c2cc(F)ccc2/C1=C\c1cccc(Oc2ccccc2)c1. The second-order valence-corrected chi connectivity index (χ2v) is 6.81. The summed E-state index contributed by atoms with van der Waals surface area (Å²) >= 11 is 0. The van der Waals surface area contributed by atoms with E-state index in [4.69, 9.17) is 4.74 Å². The zero-order valence-electron chi connectivity index (χ0n) is 15.7. The number of hydrogen-bond donors (Lipinski definition) is 1. The zero-order valence-corrected chi connectivity index (χ0v) is 15.7. The summed E-state index contributed by atoms with van der Waals surface area (Å²) in [4.78, 5) is 0. The van der Waals surface area contributed by atoms with E-state index in [0.29, 0.717) is 6.42 Å². The fourth-order valence-corrected chi connectivity index (χ4v) is 3.65. The van der Waals surface area contributed by atoms with E-state index in [2.05, 4.69) is 6.08 Å². The topological polar surface area (TPSA) is 29.5 Å². The highest BCUT2D eigenvalue weighted by molar-refractivity contribution is 6.05. The number of halogens is 1. The molecule has 28 heavy (non-hydrogen) atoms. The molecular weight excluding hydrogens is 351 g/mol. The van der Waals surface area contributed by atoms with Gasteiger partial charge >= 0.3 is 0 Å². The van der Waals surface area contributed by atoms with Crippen LogP contribution in [0.5, 0.6) is 11.5 Å². The van der Waals surface area contributed by atoms with Gasteiger partial charge in [0.05, 0.1) is 0 Å². The summed E-state index contributed by atoms with van der Waals surface area (Å²) in [5.74, 6) is 1.28. The van der Waals surface area contributed by atoms with Crippen LogP contribution in [-0.2, 0) is 0 Å². The quantitative estimate of drug-likeness (QED) is 0.567. The predicted octanol–water partition coefficient (Wildman–Crippen LogP) is 6.33. The molecule has 0 atom stereocenters. The molecule has 4 rings (SSSR count). The standard InChI is InChI=1S/C25H21FO2/c1-17-22(12-13-27)25-16-19(26)10-11-23(25)24(17)15-18-6-5-9-21(14-18)28-20-7-3-2-4-8-20/h2-11,14-16,27H,12-13H2,1H3/b24-15-. The lowest BCUT2D eigenvalue weighted by atomic mass is 10.0. The molecule has 3 aromatic carbocycles. The molecule has 0 spiro atoms. The van der Waals surface area contributed by atoms with Crippen LogP contribution in [0.15, 0.2) is 78.4 Å². The molecule has 1 aliphatic rings. The Hall–Kier alpha value is -3.17. The molecule has 0 amide bonds. The predicted molar refractivity (Wildman–Crippen MR) is 112 cm³/mol. The van der Waals surface area contributed by atoms with Gasteiger partial charge in [-0.2, -0.15) is 0 Å². The summed E-state index contributed by atoms with van der Waals surface area (Å²) < 4.78 is 19.7. The lowest BCUT2D eigenvalue weighted by Gasteiger charge is -2.08. The number of fused-ring (bicyclic) bond motifs is 1. The van der Waals surface area contributed by atoms with Crippen molar-refractivity contribution in [2.75, 3.05) is 6.61 Å². The van der Waals surface area contributed by atoms with Gasteiger partial charge in [0.15, 0.2) is 0 Å². The lowest BCUT2D eigenvalue weighted by molar-refractivity contribution is 0.305. The van der Waals surface area contributed by atoms with E-state index in [1.165, 1.54) is 6.07 Å². The third-order valence-electron chi connectivity index (χ3n) is 4.96. The van der Waals surface area contributed by atoms with E-state index in [0.717, 1.165) is 44.9 Å². The first-order valence-corrected chi connectivity index (χ1v) is 9.31. The van der Waals surface area contributed by atoms with Gasteiger partial charge in [-0.3, -0.25) is 0 Å². The summed E-state index contributed by atoms with van der Waals surface area (Å²) in [6, 6.07) is 22.4. The van der Waals surface area contributed by atoms with Crippen molar-refractivity contribution in [1.82, 2.24) is 0 Å². The van der Waals surface area contributed by atoms with Crippen LogP contribution in [0.3, 0.4) is 0 Å². The van der Waals surface area contributed by atoms with Crippen molar-refractivity contribution < 1.29 is 14.2 Å². The Balaban J connectivity index is 1.72. The molecule has 0 radical (unpaired) electrons. The fraction of sp³-hybridized carbons (Fsp3) is 0.120. The van der Waals surface area contributed by atoms with Gasteiger partial charge in [-0.15, -0.1) is 0 Å². The molecule has 0 unspecified atom stereocenters. The first-order chi connectivity index (χ1) is 13.7. The molecule has 2 nitrogen and oxygen atoms in total. The van der Waals surface area contributed by atoms with Gasteiger partial charge in [0, 0.05) is 6.61 Å². The minimum absolute atomic E-state index is 0.0380. The normalized spacial score (nSPS) is 14.5. The Kier molecular flexibility index (Phi) is 5.09. The molecule has 3 aromatic rings. The third kappa shape index (κ3) is 3.62. The average molecular weight is 372 g/mol. The summed E-state index contributed by atoms with van der Waals surface area (Å²) in [7, 11) is 0. The van der Waals surface area contributed by atoms with E-state index in [1.807, 2.05) is 67.6 Å². The molecule has 0 saturated carbocycles. The number of hydrogen-bond acceptors (Lipinski definition) is 2. The van der Waals surface area contributed by atoms with Crippen LogP contribution in [0.1, 0.15) is 30.0 Å². The molecule has 1 N–H and O–H groups in total. The fourth-order valence-electron chi connectivity index (χ4n) is 3.65. The average Bonchev–Trinajstić information content (AvgIpc) is 2.95. The number of aliphatic hydroxyl groups excluding tert-OH is 1. The van der Waals surface area contributed by atoms with Gasteiger partial charge < -0.3 is 9.84 Å². The highest BCUT2D eigenvalue weighted by atomic mass is 19.1. The van der Waals surface area contributed by atoms with E-state index in [1.54, 1.807) is 6.07 Å². The van der Waals surface area contributed by atoms with Crippen molar-refractivity contribution in [1.29, 1.82) is 0 Å². The second kappa shape index (κ2) is 7.83. The van der Waals surface area contributed by atoms with Crippen LogP contribution in [0, 0.1) is 5.82 Å². The van der Waals surface area contributed by atoms with Crippen molar-refractivity contribution in [3.8, 4) is 11.5 Å². The van der Waals surface area contributed by atoms with E-state index in [9.17, 15) is 9.50 Å². The molecule has 0 fully saturated rings. The maximum Gasteiger partial charge on any atom is 0.128 e. The van der Waals surface area contributed by atoms with Gasteiger partial charge in [0.2, 0.25) is 0 Å². The molecule has 0 aliphatic heterocycles. The van der Waals surface area contributed by atoms with E-state index < -0.39 is 0 Å². The van der Waals surface area contributed by atoms with Gasteiger partial charge in [0.25, 0.3) is 0 Å². The van der Waals surface area contributed by atoms with Gasteiger partial charge in [-0.05, 0) is 89.2 Å². The third-order valence-corrected chi connectivity index (χ3v) is 4.96. The van der Waals surface area contributed by atoms with Crippen LogP contribution < -0.4 is 4.74 Å². The first-order valence-electron chi connectivity index (χ1n) is 9.31. The molecule has 0 aromatic heterocycles. The highest BCUT2D eigenvalue weighted by Crippen LogP contribution is 2.43. The number of rotatable bonds is 5. The molecule has 0 saturated heterocycles. The van der Waals surface area contributed by atoms with Gasteiger partial charge in [-0.25, -0.2) is 4.39 Å². The van der Waals surface area contributed by atoms with E-state index >= 15 is 0 Å². The van der Waals surface area contributed by atoms with E-state index in [-0.39, 0.29) is 12.4 Å². The Bertz CT molecular complexity index is 1060. The number of aliphatic hydroxyl groups is 1. The smallest absolute Gasteiger partial charge is 0.128 e. The largest absolute Gasteiger partial charge is 0.457 e.